The summed E-state index contributed by atoms with van der Waals surface area (Å²) in [4.78, 5) is 20.1. The van der Waals surface area contributed by atoms with E-state index in [0.717, 1.165) is 38.1 Å². The Bertz CT molecular complexity index is 504. The average molecular weight is 286 g/mol. The summed E-state index contributed by atoms with van der Waals surface area (Å²) in [5.41, 5.74) is -0.870. The first-order valence-electron chi connectivity index (χ1n) is 6.37. The minimum Gasteiger partial charge on any atom is -0.349 e. The smallest absolute Gasteiger partial charge is 0.349 e. The van der Waals surface area contributed by atoms with Gasteiger partial charge in [0.15, 0.2) is 0 Å². The molecule has 20 heavy (non-hydrogen) atoms. The largest absolute Gasteiger partial charge is 0.419 e. The molecule has 1 aromatic rings. The summed E-state index contributed by atoms with van der Waals surface area (Å²) < 4.78 is 37.2. The highest BCUT2D eigenvalue weighted by atomic mass is 19.4. The van der Waals surface area contributed by atoms with Crippen LogP contribution in [0.15, 0.2) is 12.4 Å². The number of rotatable bonds is 3. The van der Waals surface area contributed by atoms with Gasteiger partial charge in [-0.3, -0.25) is 4.79 Å². The highest BCUT2D eigenvalue weighted by Gasteiger charge is 2.45. The molecule has 0 saturated carbocycles. The number of nitrogens with one attached hydrogen (secondary N) is 1. The minimum atomic E-state index is -4.43. The van der Waals surface area contributed by atoms with Gasteiger partial charge >= 0.3 is 6.18 Å². The molecule has 0 radical (unpaired) electrons. The number of nitrogens with zero attached hydrogens (tertiary/aromatic N) is 3. The molecule has 2 aliphatic rings. The second-order valence-electron chi connectivity index (χ2n) is 5.13. The lowest BCUT2D eigenvalue weighted by molar-refractivity contribution is -0.138. The van der Waals surface area contributed by atoms with Gasteiger partial charge in [0.05, 0.1) is 17.6 Å². The standard InChI is InChI=1S/C12H13F3N4O/c13-12(14,15)7-4-16-11(17-5-7)18-9-3-8-1-2-10(9)19(8)6-20/h4-6,8-10H,1-3H2,(H,16,17,18)/t8-,9-,10+/m1/s1. The molecule has 108 valence electrons. The molecule has 3 heterocycles. The van der Waals surface area contributed by atoms with Crippen LogP contribution in [0, 0.1) is 0 Å². The number of hydrogen-bond acceptors (Lipinski definition) is 4. The first-order chi connectivity index (χ1) is 9.49. The van der Waals surface area contributed by atoms with Crippen molar-refractivity contribution in [2.75, 3.05) is 5.32 Å². The van der Waals surface area contributed by atoms with Crippen LogP contribution in [0.5, 0.6) is 0 Å². The molecule has 1 aromatic heterocycles. The summed E-state index contributed by atoms with van der Waals surface area (Å²) in [5.74, 6) is 0.168. The molecule has 2 fully saturated rings. The predicted molar refractivity (Wildman–Crippen MR) is 63.8 cm³/mol. The molecule has 0 unspecified atom stereocenters. The first kappa shape index (κ1) is 13.1. The van der Waals surface area contributed by atoms with Gasteiger partial charge in [0.1, 0.15) is 0 Å². The fraction of sp³-hybridized carbons (Fsp3) is 0.583. The quantitative estimate of drug-likeness (QED) is 0.859. The Balaban J connectivity index is 1.69. The van der Waals surface area contributed by atoms with Gasteiger partial charge in [-0.15, -0.1) is 0 Å². The lowest BCUT2D eigenvalue weighted by atomic mass is 9.96. The monoisotopic (exact) mass is 286 g/mol. The number of halogens is 3. The van der Waals surface area contributed by atoms with Crippen molar-refractivity contribution in [1.82, 2.24) is 14.9 Å². The number of hydrogen-bond donors (Lipinski definition) is 1. The second kappa shape index (κ2) is 4.60. The van der Waals surface area contributed by atoms with Crippen LogP contribution < -0.4 is 5.32 Å². The van der Waals surface area contributed by atoms with E-state index in [9.17, 15) is 18.0 Å². The van der Waals surface area contributed by atoms with Crippen molar-refractivity contribution in [2.24, 2.45) is 0 Å². The first-order valence-corrected chi connectivity index (χ1v) is 6.37. The fourth-order valence-electron chi connectivity index (χ4n) is 3.06. The Morgan fingerprint density at radius 2 is 2.00 bits per heavy atom. The number of amides is 1. The highest BCUT2D eigenvalue weighted by molar-refractivity contribution is 5.51. The average Bonchev–Trinajstić information content (AvgIpc) is 2.94. The van der Waals surface area contributed by atoms with Gasteiger partial charge in [0.25, 0.3) is 0 Å². The lowest BCUT2D eigenvalue weighted by Gasteiger charge is -2.22. The van der Waals surface area contributed by atoms with E-state index in [2.05, 4.69) is 15.3 Å². The molecule has 0 spiro atoms. The Morgan fingerprint density at radius 3 is 2.55 bits per heavy atom. The van der Waals surface area contributed by atoms with Crippen molar-refractivity contribution in [3.05, 3.63) is 18.0 Å². The van der Waals surface area contributed by atoms with Crippen molar-refractivity contribution in [3.8, 4) is 0 Å². The summed E-state index contributed by atoms with van der Waals surface area (Å²) in [7, 11) is 0. The molecule has 2 saturated heterocycles. The maximum Gasteiger partial charge on any atom is 0.419 e. The molecule has 8 heteroatoms. The fourth-order valence-corrected chi connectivity index (χ4v) is 3.06. The van der Waals surface area contributed by atoms with Crippen LogP contribution in [0.1, 0.15) is 24.8 Å². The molecule has 0 aromatic carbocycles. The van der Waals surface area contributed by atoms with Gasteiger partial charge in [0, 0.05) is 18.4 Å². The van der Waals surface area contributed by atoms with Gasteiger partial charge in [-0.05, 0) is 19.3 Å². The summed E-state index contributed by atoms with van der Waals surface area (Å²) in [6, 6.07) is 0.323. The Hall–Kier alpha value is -1.86. The van der Waals surface area contributed by atoms with E-state index in [0.29, 0.717) is 0 Å². The van der Waals surface area contributed by atoms with Crippen LogP contribution in [0.2, 0.25) is 0 Å². The van der Waals surface area contributed by atoms with Gasteiger partial charge in [-0.25, -0.2) is 9.97 Å². The summed E-state index contributed by atoms with van der Waals surface area (Å²) >= 11 is 0. The van der Waals surface area contributed by atoms with E-state index >= 15 is 0 Å². The number of anilines is 1. The van der Waals surface area contributed by atoms with Crippen LogP contribution >= 0.6 is 0 Å². The number of alkyl halides is 3. The van der Waals surface area contributed by atoms with Crippen LogP contribution in [-0.2, 0) is 11.0 Å². The van der Waals surface area contributed by atoms with Gasteiger partial charge < -0.3 is 10.2 Å². The molecular weight excluding hydrogens is 273 g/mol. The van der Waals surface area contributed by atoms with E-state index in [-0.39, 0.29) is 24.1 Å². The lowest BCUT2D eigenvalue weighted by Crippen LogP contribution is -2.36. The third-order valence-electron chi connectivity index (χ3n) is 4.01. The Morgan fingerprint density at radius 1 is 1.30 bits per heavy atom. The zero-order valence-corrected chi connectivity index (χ0v) is 10.5. The minimum absolute atomic E-state index is 0.00990. The van der Waals surface area contributed by atoms with Crippen molar-refractivity contribution < 1.29 is 18.0 Å². The zero-order valence-electron chi connectivity index (χ0n) is 10.5. The Labute approximate surface area is 113 Å². The third kappa shape index (κ3) is 2.19. The van der Waals surface area contributed by atoms with E-state index in [1.807, 2.05) is 0 Å². The van der Waals surface area contributed by atoms with E-state index in [1.165, 1.54) is 0 Å². The number of aromatic nitrogens is 2. The number of carbonyl (C=O) groups is 1. The molecule has 2 aliphatic heterocycles. The molecule has 5 nitrogen and oxygen atoms in total. The van der Waals surface area contributed by atoms with Gasteiger partial charge in [-0.2, -0.15) is 13.2 Å². The molecule has 3 rings (SSSR count). The summed E-state index contributed by atoms with van der Waals surface area (Å²) in [6.45, 7) is 0. The maximum atomic E-state index is 12.4. The van der Waals surface area contributed by atoms with E-state index in [4.69, 9.17) is 0 Å². The van der Waals surface area contributed by atoms with Crippen molar-refractivity contribution >= 4 is 12.4 Å². The normalized spacial score (nSPS) is 28.8. The van der Waals surface area contributed by atoms with Gasteiger partial charge in [0.2, 0.25) is 12.4 Å². The molecule has 1 amide bonds. The van der Waals surface area contributed by atoms with E-state index in [1.54, 1.807) is 4.90 Å². The third-order valence-corrected chi connectivity index (χ3v) is 4.01. The van der Waals surface area contributed by atoms with Crippen molar-refractivity contribution in [3.63, 3.8) is 0 Å². The highest BCUT2D eigenvalue weighted by Crippen LogP contribution is 2.37. The Kier molecular flexibility index (Phi) is 3.02. The van der Waals surface area contributed by atoms with E-state index < -0.39 is 11.7 Å². The topological polar surface area (TPSA) is 58.1 Å². The van der Waals surface area contributed by atoms with Crippen LogP contribution in [0.25, 0.3) is 0 Å². The predicted octanol–water partition coefficient (Wildman–Crippen LogP) is 1.67. The summed E-state index contributed by atoms with van der Waals surface area (Å²) in [5, 5.41) is 3.03. The second-order valence-corrected chi connectivity index (χ2v) is 5.13. The van der Waals surface area contributed by atoms with Crippen molar-refractivity contribution in [1.29, 1.82) is 0 Å². The maximum absolute atomic E-state index is 12.4. The number of carbonyl (C=O) groups excluding carboxylic acids is 1. The molecule has 2 bridgehead atoms. The SMILES string of the molecule is O=CN1[C@@H]2CC[C@H]1[C@H](Nc1ncc(C(F)(F)F)cn1)C2. The van der Waals surface area contributed by atoms with Crippen LogP contribution in [-0.4, -0.2) is 39.4 Å². The molecular formula is C12H13F3N4O. The zero-order chi connectivity index (χ0) is 14.3. The molecule has 0 aliphatic carbocycles. The van der Waals surface area contributed by atoms with Crippen LogP contribution in [0.4, 0.5) is 19.1 Å². The molecule has 1 N–H and O–H groups in total. The summed E-state index contributed by atoms with van der Waals surface area (Å²) in [6.07, 6.45) is 0.613. The molecule has 3 atom stereocenters. The van der Waals surface area contributed by atoms with Gasteiger partial charge in [-0.1, -0.05) is 0 Å². The van der Waals surface area contributed by atoms with Crippen LogP contribution in [0.3, 0.4) is 0 Å². The van der Waals surface area contributed by atoms with Crippen molar-refractivity contribution in [2.45, 2.75) is 43.6 Å². The number of fused-ring (bicyclic) bond motifs is 2.